The first-order chi connectivity index (χ1) is 38.0. The van der Waals surface area contributed by atoms with Crippen LogP contribution in [-0.4, -0.2) is 141 Å². The number of anilines is 3. The highest BCUT2D eigenvalue weighted by Gasteiger charge is 2.34. The number of ether oxygens (including phenoxy) is 1. The number of amides is 7. The van der Waals surface area contributed by atoms with Crippen LogP contribution in [0.4, 0.5) is 35.3 Å². The standard InChI is InChI=1S/C57H65F3N12O7/c1-35-8-9-38(31-45(35)71-30-20-48(74)66-56(71)78)55(77)70-27-17-44(18-28-70)79-43-15-24-68(25-16-43)26-21-49(75)69-23-3-2-5-39-34-63-53(61)50-51(67-72(52(39)50)42-7-4-6-41(33-42)64-47(73)19-29-69)36-10-12-37(13-11-36)54(76)65-46-32-40(14-22-62-46)57(58,59)60/h2,5,8-14,22,31-32,34,41-44H,3-4,6-7,15-21,23-30,33H2,1H3,(H2,61,63)(H,64,73)(H,62,65,76)(H,66,74,78)/b5-2+/t41-,42-/m1/s1. The zero-order valence-electron chi connectivity index (χ0n) is 44.1. The number of pyridine rings is 2. The Balaban J connectivity index is 0.740. The van der Waals surface area contributed by atoms with E-state index in [0.29, 0.717) is 92.7 Å². The lowest BCUT2D eigenvalue weighted by molar-refractivity contribution is -0.137. The van der Waals surface area contributed by atoms with Gasteiger partial charge in [-0.05, 0) is 107 Å². The van der Waals surface area contributed by atoms with E-state index in [1.807, 2.05) is 34.7 Å². The number of nitrogens with one attached hydrogen (secondary N) is 3. The number of hydrogen-bond acceptors (Lipinski definition) is 12. The molecule has 5 aromatic rings. The number of nitrogen functional groups attached to an aromatic ring is 1. The Morgan fingerprint density at radius 3 is 2.30 bits per heavy atom. The number of aromatic nitrogens is 4. The van der Waals surface area contributed by atoms with E-state index >= 15 is 0 Å². The normalized spacial score (nSPS) is 20.8. The van der Waals surface area contributed by atoms with Crippen molar-refractivity contribution >= 4 is 69.9 Å². The number of aryl methyl sites for hydroxylation is 1. The average molecular weight is 1090 g/mol. The predicted octanol–water partition coefficient (Wildman–Crippen LogP) is 7.51. The van der Waals surface area contributed by atoms with Crippen molar-refractivity contribution in [2.45, 2.75) is 114 Å². The second kappa shape index (κ2) is 23.7. The number of likely N-dealkylation sites (tertiary alicyclic amines) is 2. The molecular weight excluding hydrogens is 1020 g/mol. The summed E-state index contributed by atoms with van der Waals surface area (Å²) < 4.78 is 48.5. The average Bonchev–Trinajstić information content (AvgIpc) is 4.13. The third kappa shape index (κ3) is 12.8. The zero-order valence-corrected chi connectivity index (χ0v) is 44.1. The Labute approximate surface area is 455 Å². The molecule has 4 aliphatic heterocycles. The van der Waals surface area contributed by atoms with Crippen LogP contribution in [0.2, 0.25) is 0 Å². The van der Waals surface area contributed by atoms with E-state index in [4.69, 9.17) is 15.6 Å². The highest BCUT2D eigenvalue weighted by molar-refractivity contribution is 6.07. The minimum Gasteiger partial charge on any atom is -0.383 e. The fourth-order valence-electron chi connectivity index (χ4n) is 11.5. The molecule has 22 heteroatoms. The molecule has 3 aromatic heterocycles. The lowest BCUT2D eigenvalue weighted by atomic mass is 9.90. The Morgan fingerprint density at radius 2 is 1.56 bits per heavy atom. The van der Waals surface area contributed by atoms with Crippen molar-refractivity contribution < 1.29 is 46.7 Å². The summed E-state index contributed by atoms with van der Waals surface area (Å²) in [5.74, 6) is -1.17. The van der Waals surface area contributed by atoms with Gasteiger partial charge in [0.05, 0.1) is 34.7 Å². The summed E-state index contributed by atoms with van der Waals surface area (Å²) in [5.41, 5.74) is 10.6. The number of nitrogens with two attached hydrogens (primary N) is 1. The van der Waals surface area contributed by atoms with Crippen LogP contribution in [0.15, 0.2) is 73.1 Å². The zero-order chi connectivity index (χ0) is 55.4. The minimum absolute atomic E-state index is 0.0200. The molecule has 7 amide bonds. The van der Waals surface area contributed by atoms with Crippen molar-refractivity contribution in [3.05, 3.63) is 101 Å². The molecule has 416 valence electrons. The number of imide groups is 1. The third-order valence-electron chi connectivity index (χ3n) is 15.8. The van der Waals surface area contributed by atoms with Crippen LogP contribution in [0.25, 0.3) is 28.2 Å². The smallest absolute Gasteiger partial charge is 0.383 e. The van der Waals surface area contributed by atoms with E-state index < -0.39 is 23.7 Å². The van der Waals surface area contributed by atoms with Gasteiger partial charge >= 0.3 is 12.2 Å². The number of nitrogens with zero attached hydrogens (tertiary/aromatic N) is 8. The van der Waals surface area contributed by atoms with E-state index in [2.05, 4.69) is 30.8 Å². The molecule has 1 saturated carbocycles. The molecule has 5 N–H and O–H groups in total. The number of hydrogen-bond donors (Lipinski definition) is 4. The van der Waals surface area contributed by atoms with Crippen LogP contribution in [0, 0.1) is 6.92 Å². The highest BCUT2D eigenvalue weighted by atomic mass is 19.4. The minimum atomic E-state index is -4.60. The van der Waals surface area contributed by atoms with Gasteiger partial charge in [-0.2, -0.15) is 18.3 Å². The van der Waals surface area contributed by atoms with Crippen molar-refractivity contribution in [1.82, 2.24) is 45.1 Å². The van der Waals surface area contributed by atoms with Crippen LogP contribution in [0.1, 0.15) is 120 Å². The second-order valence-electron chi connectivity index (χ2n) is 21.2. The maximum absolute atomic E-state index is 14.0. The molecule has 7 heterocycles. The molecule has 2 aromatic carbocycles. The number of carbonyl (C=O) groups is 6. The molecule has 3 saturated heterocycles. The first-order valence-electron chi connectivity index (χ1n) is 27.3. The number of urea groups is 1. The molecule has 2 atom stereocenters. The van der Waals surface area contributed by atoms with Gasteiger partial charge in [-0.3, -0.25) is 38.9 Å². The van der Waals surface area contributed by atoms with Gasteiger partial charge in [-0.25, -0.2) is 14.8 Å². The molecule has 1 aliphatic carbocycles. The molecule has 79 heavy (non-hydrogen) atoms. The Morgan fingerprint density at radius 1 is 0.823 bits per heavy atom. The van der Waals surface area contributed by atoms with E-state index in [1.54, 1.807) is 47.5 Å². The first kappa shape index (κ1) is 54.6. The number of rotatable bonds is 10. The number of carbonyl (C=O) groups excluding carboxylic acids is 6. The van der Waals surface area contributed by atoms with Gasteiger partial charge in [0.2, 0.25) is 17.7 Å². The summed E-state index contributed by atoms with van der Waals surface area (Å²) in [6.45, 7) is 6.10. The number of fused-ring (bicyclic) bond motifs is 3. The Kier molecular flexibility index (Phi) is 16.4. The van der Waals surface area contributed by atoms with Crippen molar-refractivity contribution in [3.63, 3.8) is 0 Å². The van der Waals surface area contributed by atoms with Crippen LogP contribution < -0.4 is 26.6 Å². The summed E-state index contributed by atoms with van der Waals surface area (Å²) in [7, 11) is 0. The molecule has 0 radical (unpaired) electrons. The number of halogens is 3. The SMILES string of the molecule is Cc1ccc(C(=O)N2CCC(OC3CCN(CCC(=O)N4CC/C=C/c5cnc(N)c6c(-c7ccc(C(=O)Nc8cc(C(F)(F)F)ccn8)cc7)nn(c56)[C@@H]5CCC[C@H](C5)NC(=O)CC4)CC3)CC2)cc1N1CCC(=O)NC1=O. The quantitative estimate of drug-likeness (QED) is 0.107. The van der Waals surface area contributed by atoms with Gasteiger partial charge in [-0.1, -0.05) is 30.4 Å². The van der Waals surface area contributed by atoms with Gasteiger partial charge < -0.3 is 35.8 Å². The molecule has 4 fully saturated rings. The lowest BCUT2D eigenvalue weighted by Gasteiger charge is -2.37. The van der Waals surface area contributed by atoms with Gasteiger partial charge in [0.25, 0.3) is 11.8 Å². The number of alkyl halides is 3. The maximum Gasteiger partial charge on any atom is 0.416 e. The topological polar surface area (TPSA) is 230 Å². The number of piperidine rings is 2. The van der Waals surface area contributed by atoms with Crippen molar-refractivity contribution in [3.8, 4) is 11.3 Å². The summed E-state index contributed by atoms with van der Waals surface area (Å²) in [5, 5.41) is 13.8. The summed E-state index contributed by atoms with van der Waals surface area (Å²) in [6.07, 6.45) is 9.52. The number of benzene rings is 2. The van der Waals surface area contributed by atoms with Gasteiger partial charge in [0, 0.05) is 118 Å². The Hall–Kier alpha value is -7.72. The molecule has 0 spiro atoms. The summed E-state index contributed by atoms with van der Waals surface area (Å²) >= 11 is 0. The van der Waals surface area contributed by atoms with Gasteiger partial charge in [0.15, 0.2) is 0 Å². The van der Waals surface area contributed by atoms with E-state index in [1.165, 1.54) is 4.90 Å². The van der Waals surface area contributed by atoms with E-state index in [-0.39, 0.29) is 84.5 Å². The third-order valence-corrected chi connectivity index (χ3v) is 15.8. The first-order valence-corrected chi connectivity index (χ1v) is 27.3. The summed E-state index contributed by atoms with van der Waals surface area (Å²) in [6, 6.07) is 12.8. The Bertz CT molecular complexity index is 3150. The van der Waals surface area contributed by atoms with Gasteiger partial charge in [0.1, 0.15) is 17.3 Å². The fourth-order valence-corrected chi connectivity index (χ4v) is 11.5. The molecule has 10 rings (SSSR count). The van der Waals surface area contributed by atoms with Gasteiger partial charge in [-0.15, -0.1) is 0 Å². The van der Waals surface area contributed by atoms with Crippen LogP contribution >= 0.6 is 0 Å². The van der Waals surface area contributed by atoms with E-state index in [9.17, 15) is 41.9 Å². The van der Waals surface area contributed by atoms with E-state index in [0.717, 1.165) is 80.2 Å². The monoisotopic (exact) mass is 1090 g/mol. The van der Waals surface area contributed by atoms with Crippen molar-refractivity contribution in [2.24, 2.45) is 0 Å². The molecular formula is C57H65F3N12O7. The molecule has 0 unspecified atom stereocenters. The van der Waals surface area contributed by atoms with Crippen LogP contribution in [-0.2, 0) is 25.3 Å². The lowest BCUT2D eigenvalue weighted by Crippen LogP contribution is -2.50. The predicted molar refractivity (Wildman–Crippen MR) is 290 cm³/mol. The molecule has 2 bridgehead atoms. The largest absolute Gasteiger partial charge is 0.416 e. The van der Waals surface area contributed by atoms with Crippen LogP contribution in [0.3, 0.4) is 0 Å². The maximum atomic E-state index is 14.0. The van der Waals surface area contributed by atoms with Crippen molar-refractivity contribution in [2.75, 3.05) is 68.3 Å². The van der Waals surface area contributed by atoms with Crippen molar-refractivity contribution in [1.29, 1.82) is 0 Å². The second-order valence-corrected chi connectivity index (χ2v) is 21.2. The highest BCUT2D eigenvalue weighted by Crippen LogP contribution is 2.39. The van der Waals surface area contributed by atoms with Crippen LogP contribution in [0.5, 0.6) is 0 Å². The molecule has 5 aliphatic rings. The molecule has 19 nitrogen and oxygen atoms in total. The fraction of sp³-hybridized carbons (Fsp3) is 0.456. The summed E-state index contributed by atoms with van der Waals surface area (Å²) in [4.78, 5) is 94.4.